The quantitative estimate of drug-likeness (QED) is 0.770. The lowest BCUT2D eigenvalue weighted by molar-refractivity contribution is 0.474. The minimum absolute atomic E-state index is 0.109. The number of benzene rings is 1. The Bertz CT molecular complexity index is 661. The first-order valence-corrected chi connectivity index (χ1v) is 7.92. The maximum atomic E-state index is 12.5. The molecule has 1 heterocycles. The molecule has 1 aromatic carbocycles. The van der Waals surface area contributed by atoms with E-state index in [9.17, 15) is 8.42 Å². The van der Waals surface area contributed by atoms with Crippen LogP contribution in [-0.4, -0.2) is 30.8 Å². The van der Waals surface area contributed by atoms with Crippen molar-refractivity contribution >= 4 is 31.6 Å². The molecule has 0 atom stereocenters. The summed E-state index contributed by atoms with van der Waals surface area (Å²) in [6.07, 6.45) is 3.10. The number of rotatable bonds is 6. The third-order valence-corrected chi connectivity index (χ3v) is 5.72. The summed E-state index contributed by atoms with van der Waals surface area (Å²) in [4.78, 5) is 4.19. The maximum Gasteiger partial charge on any atom is 0.270 e. The summed E-state index contributed by atoms with van der Waals surface area (Å²) in [5, 5.41) is 0. The second kappa shape index (κ2) is 5.64. The molecule has 19 heavy (non-hydrogen) atoms. The second-order valence-corrected chi connectivity index (χ2v) is 6.99. The summed E-state index contributed by atoms with van der Waals surface area (Å²) in [7, 11) is -3.59. The summed E-state index contributed by atoms with van der Waals surface area (Å²) in [6.45, 7) is 7.63. The van der Waals surface area contributed by atoms with E-state index in [1.807, 2.05) is 18.2 Å². The highest BCUT2D eigenvalue weighted by Gasteiger charge is 2.26. The monoisotopic (exact) mass is 294 g/mol. The van der Waals surface area contributed by atoms with Crippen molar-refractivity contribution < 1.29 is 8.42 Å². The molecule has 2 rings (SSSR count). The van der Waals surface area contributed by atoms with Gasteiger partial charge in [0.2, 0.25) is 4.34 Å². The summed E-state index contributed by atoms with van der Waals surface area (Å²) in [5.74, 6) is 0. The Morgan fingerprint density at radius 1 is 1.21 bits per heavy atom. The van der Waals surface area contributed by atoms with Crippen LogP contribution in [0.25, 0.3) is 10.2 Å². The van der Waals surface area contributed by atoms with Gasteiger partial charge in [0.1, 0.15) is 0 Å². The molecule has 0 aliphatic heterocycles. The number of fused-ring (bicyclic) bond motifs is 1. The molecule has 100 valence electrons. The summed E-state index contributed by atoms with van der Waals surface area (Å²) < 4.78 is 27.2. The lowest BCUT2D eigenvalue weighted by Gasteiger charge is -2.16. The molecule has 4 nitrogen and oxygen atoms in total. The second-order valence-electron chi connectivity index (χ2n) is 3.85. The van der Waals surface area contributed by atoms with Crippen molar-refractivity contribution in [1.29, 1.82) is 0 Å². The molecule has 6 heteroatoms. The maximum absolute atomic E-state index is 12.5. The van der Waals surface area contributed by atoms with Crippen LogP contribution < -0.4 is 0 Å². The first-order valence-electron chi connectivity index (χ1n) is 5.67. The van der Waals surface area contributed by atoms with Gasteiger partial charge < -0.3 is 0 Å². The molecule has 2 aromatic rings. The average molecular weight is 294 g/mol. The molecular formula is C13H14N2O2S2. The van der Waals surface area contributed by atoms with Crippen LogP contribution in [0.3, 0.4) is 0 Å². The summed E-state index contributed by atoms with van der Waals surface area (Å²) in [5.41, 5.74) is 0.697. The van der Waals surface area contributed by atoms with E-state index in [-0.39, 0.29) is 17.4 Å². The minimum atomic E-state index is -3.59. The predicted molar refractivity (Wildman–Crippen MR) is 78.8 cm³/mol. The van der Waals surface area contributed by atoms with Gasteiger partial charge in [-0.15, -0.1) is 24.5 Å². The standard InChI is InChI=1S/C13H14N2O2S2/c1-3-9-15(10-4-2)19(16,17)13-14-11-7-5-6-8-12(11)18-13/h3-8H,1-2,9-10H2. The van der Waals surface area contributed by atoms with E-state index in [0.717, 1.165) is 4.70 Å². The van der Waals surface area contributed by atoms with Crippen molar-refractivity contribution in [3.8, 4) is 0 Å². The van der Waals surface area contributed by atoms with Crippen molar-refractivity contribution in [3.63, 3.8) is 0 Å². The van der Waals surface area contributed by atoms with Crippen LogP contribution in [0.4, 0.5) is 0 Å². The number of hydrogen-bond acceptors (Lipinski definition) is 4. The van der Waals surface area contributed by atoms with Crippen LogP contribution in [0.1, 0.15) is 0 Å². The van der Waals surface area contributed by atoms with Crippen molar-refractivity contribution in [2.75, 3.05) is 13.1 Å². The van der Waals surface area contributed by atoms with Crippen LogP contribution in [-0.2, 0) is 10.0 Å². The number of thiazole rings is 1. The van der Waals surface area contributed by atoms with Crippen LogP contribution in [0.15, 0.2) is 53.9 Å². The van der Waals surface area contributed by atoms with Crippen molar-refractivity contribution in [1.82, 2.24) is 9.29 Å². The van der Waals surface area contributed by atoms with E-state index in [0.29, 0.717) is 5.52 Å². The minimum Gasteiger partial charge on any atom is -0.224 e. The van der Waals surface area contributed by atoms with Gasteiger partial charge in [-0.2, -0.15) is 4.31 Å². The number of sulfonamides is 1. The molecule has 0 aliphatic carbocycles. The third-order valence-electron chi connectivity index (χ3n) is 2.50. The van der Waals surface area contributed by atoms with Gasteiger partial charge in [0.15, 0.2) is 0 Å². The van der Waals surface area contributed by atoms with Crippen LogP contribution >= 0.6 is 11.3 Å². The Labute approximate surface area is 116 Å². The average Bonchev–Trinajstić information content (AvgIpc) is 2.83. The first kappa shape index (κ1) is 13.9. The van der Waals surface area contributed by atoms with E-state index < -0.39 is 10.0 Å². The molecule has 0 spiro atoms. The molecule has 0 saturated heterocycles. The molecule has 0 unspecified atom stereocenters. The van der Waals surface area contributed by atoms with Crippen LogP contribution in [0.5, 0.6) is 0 Å². The van der Waals surface area contributed by atoms with E-state index in [1.165, 1.54) is 15.6 Å². The van der Waals surface area contributed by atoms with Gasteiger partial charge in [0.05, 0.1) is 10.2 Å². The molecule has 0 N–H and O–H groups in total. The van der Waals surface area contributed by atoms with E-state index in [1.54, 1.807) is 18.2 Å². The van der Waals surface area contributed by atoms with E-state index in [4.69, 9.17) is 0 Å². The Morgan fingerprint density at radius 3 is 2.42 bits per heavy atom. The SMILES string of the molecule is C=CCN(CC=C)S(=O)(=O)c1nc2ccccc2s1. The molecule has 1 aromatic heterocycles. The highest BCUT2D eigenvalue weighted by atomic mass is 32.2. The van der Waals surface area contributed by atoms with Gasteiger partial charge in [-0.1, -0.05) is 24.3 Å². The molecule has 0 saturated carbocycles. The molecular weight excluding hydrogens is 280 g/mol. The normalized spacial score (nSPS) is 11.8. The molecule has 0 bridgehead atoms. The summed E-state index contributed by atoms with van der Waals surface area (Å²) in [6, 6.07) is 7.36. The predicted octanol–water partition coefficient (Wildman–Crippen LogP) is 2.66. The van der Waals surface area contributed by atoms with Gasteiger partial charge in [0.25, 0.3) is 10.0 Å². The molecule has 0 amide bonds. The van der Waals surface area contributed by atoms with Gasteiger partial charge in [-0.25, -0.2) is 13.4 Å². The zero-order valence-electron chi connectivity index (χ0n) is 10.3. The largest absolute Gasteiger partial charge is 0.270 e. The first-order chi connectivity index (χ1) is 9.09. The van der Waals surface area contributed by atoms with Gasteiger partial charge in [-0.3, -0.25) is 0 Å². The number of nitrogens with zero attached hydrogens (tertiary/aromatic N) is 2. The van der Waals surface area contributed by atoms with E-state index >= 15 is 0 Å². The van der Waals surface area contributed by atoms with Crippen LogP contribution in [0.2, 0.25) is 0 Å². The van der Waals surface area contributed by atoms with E-state index in [2.05, 4.69) is 18.1 Å². The smallest absolute Gasteiger partial charge is 0.224 e. The lowest BCUT2D eigenvalue weighted by Crippen LogP contribution is -2.31. The fourth-order valence-electron chi connectivity index (χ4n) is 1.63. The number of aromatic nitrogens is 1. The zero-order valence-corrected chi connectivity index (χ0v) is 12.0. The zero-order chi connectivity index (χ0) is 13.9. The number of hydrogen-bond donors (Lipinski definition) is 0. The molecule has 0 radical (unpaired) electrons. The Balaban J connectivity index is 2.47. The Hall–Kier alpha value is -1.50. The molecule has 0 aliphatic rings. The van der Waals surface area contributed by atoms with Crippen LogP contribution in [0, 0.1) is 0 Å². The lowest BCUT2D eigenvalue weighted by atomic mass is 10.3. The van der Waals surface area contributed by atoms with Gasteiger partial charge >= 0.3 is 0 Å². The van der Waals surface area contributed by atoms with Crippen molar-refractivity contribution in [3.05, 3.63) is 49.6 Å². The summed E-state index contributed by atoms with van der Waals surface area (Å²) >= 11 is 1.17. The Morgan fingerprint density at radius 2 is 1.84 bits per heavy atom. The third kappa shape index (κ3) is 2.75. The highest BCUT2D eigenvalue weighted by molar-refractivity contribution is 7.91. The van der Waals surface area contributed by atoms with Crippen molar-refractivity contribution in [2.24, 2.45) is 0 Å². The number of para-hydroxylation sites is 1. The van der Waals surface area contributed by atoms with Gasteiger partial charge in [-0.05, 0) is 12.1 Å². The van der Waals surface area contributed by atoms with Crippen molar-refractivity contribution in [2.45, 2.75) is 4.34 Å². The Kier molecular flexibility index (Phi) is 4.14. The fraction of sp³-hybridized carbons (Fsp3) is 0.154. The fourth-order valence-corrected chi connectivity index (χ4v) is 4.37. The highest BCUT2D eigenvalue weighted by Crippen LogP contribution is 2.27. The topological polar surface area (TPSA) is 50.3 Å². The van der Waals surface area contributed by atoms with Gasteiger partial charge in [0, 0.05) is 13.1 Å². The molecule has 0 fully saturated rings.